The van der Waals surface area contributed by atoms with Gasteiger partial charge < -0.3 is 10.2 Å². The van der Waals surface area contributed by atoms with Crippen LogP contribution in [0.4, 0.5) is 18.9 Å². The molecular formula is C28H29F3N4O2. The number of amides is 2. The number of carbonyl (C=O) groups excluding carboxylic acids is 2. The van der Waals surface area contributed by atoms with Crippen molar-refractivity contribution in [3.63, 3.8) is 0 Å². The molecule has 0 bridgehead atoms. The van der Waals surface area contributed by atoms with Gasteiger partial charge in [0.1, 0.15) is 23.7 Å². The molecule has 0 aromatic heterocycles. The van der Waals surface area contributed by atoms with Crippen molar-refractivity contribution in [2.45, 2.75) is 56.7 Å². The van der Waals surface area contributed by atoms with E-state index >= 15 is 0 Å². The highest BCUT2D eigenvalue weighted by atomic mass is 19.3. The van der Waals surface area contributed by atoms with Crippen LogP contribution in [0.5, 0.6) is 0 Å². The van der Waals surface area contributed by atoms with Crippen LogP contribution >= 0.6 is 0 Å². The number of benzene rings is 2. The Kier molecular flexibility index (Phi) is 6.79. The summed E-state index contributed by atoms with van der Waals surface area (Å²) in [5.41, 5.74) is 1.52. The Balaban J connectivity index is 1.54. The van der Waals surface area contributed by atoms with Crippen LogP contribution in [0.1, 0.15) is 42.9 Å². The van der Waals surface area contributed by atoms with Gasteiger partial charge in [0.25, 0.3) is 11.8 Å². The summed E-state index contributed by atoms with van der Waals surface area (Å²) in [5.74, 6) is -3.60. The number of nitrogens with zero attached hydrogens (tertiary/aromatic N) is 3. The minimum Gasteiger partial charge on any atom is -0.351 e. The van der Waals surface area contributed by atoms with Crippen molar-refractivity contribution in [2.24, 2.45) is 4.99 Å². The molecule has 2 aliphatic heterocycles. The van der Waals surface area contributed by atoms with E-state index in [-0.39, 0.29) is 11.6 Å². The van der Waals surface area contributed by atoms with E-state index in [4.69, 9.17) is 0 Å². The van der Waals surface area contributed by atoms with Gasteiger partial charge in [-0.25, -0.2) is 13.2 Å². The fourth-order valence-electron chi connectivity index (χ4n) is 5.12. The molecule has 2 unspecified atom stereocenters. The van der Waals surface area contributed by atoms with E-state index in [1.54, 1.807) is 18.2 Å². The molecule has 1 saturated heterocycles. The second-order valence-electron chi connectivity index (χ2n) is 9.85. The second-order valence-corrected chi connectivity index (χ2v) is 9.85. The maximum absolute atomic E-state index is 14.4. The number of nitrogens with one attached hydrogen (secondary N) is 1. The summed E-state index contributed by atoms with van der Waals surface area (Å²) in [6, 6.07) is 10.2. The van der Waals surface area contributed by atoms with E-state index in [0.717, 1.165) is 12.0 Å². The number of alkyl halides is 2. The summed E-state index contributed by atoms with van der Waals surface area (Å²) >= 11 is 0. The van der Waals surface area contributed by atoms with Crippen LogP contribution in [0.15, 0.2) is 65.7 Å². The molecule has 1 saturated carbocycles. The average molecular weight is 511 g/mol. The zero-order valence-corrected chi connectivity index (χ0v) is 20.5. The van der Waals surface area contributed by atoms with E-state index in [2.05, 4.69) is 10.3 Å². The van der Waals surface area contributed by atoms with E-state index in [9.17, 15) is 22.8 Å². The Morgan fingerprint density at radius 3 is 2.57 bits per heavy atom. The van der Waals surface area contributed by atoms with Gasteiger partial charge >= 0.3 is 0 Å². The normalized spacial score (nSPS) is 21.4. The molecule has 3 aliphatic rings. The van der Waals surface area contributed by atoms with Gasteiger partial charge in [-0.2, -0.15) is 0 Å². The summed E-state index contributed by atoms with van der Waals surface area (Å²) in [7, 11) is 0. The number of aryl methyl sites for hydroxylation is 1. The lowest BCUT2D eigenvalue weighted by molar-refractivity contribution is -0.134. The van der Waals surface area contributed by atoms with Gasteiger partial charge in [0.15, 0.2) is 0 Å². The Morgan fingerprint density at radius 1 is 1.16 bits per heavy atom. The molecule has 0 spiro atoms. The molecule has 1 N–H and O–H groups in total. The van der Waals surface area contributed by atoms with Crippen LogP contribution < -0.4 is 10.2 Å². The third-order valence-corrected chi connectivity index (χ3v) is 7.19. The van der Waals surface area contributed by atoms with Crippen LogP contribution in [0.3, 0.4) is 0 Å². The number of carbonyl (C=O) groups is 2. The minimum atomic E-state index is -2.81. The fourth-order valence-corrected chi connectivity index (χ4v) is 5.12. The number of halogens is 3. The van der Waals surface area contributed by atoms with Crippen LogP contribution in [0.25, 0.3) is 0 Å². The third kappa shape index (κ3) is 5.12. The minimum absolute atomic E-state index is 0.223. The maximum Gasteiger partial charge on any atom is 0.252 e. The van der Waals surface area contributed by atoms with Gasteiger partial charge in [0, 0.05) is 37.7 Å². The number of rotatable bonds is 6. The van der Waals surface area contributed by atoms with Crippen LogP contribution in [0, 0.1) is 12.7 Å². The molecule has 2 fully saturated rings. The summed E-state index contributed by atoms with van der Waals surface area (Å²) in [5, 5.41) is 2.71. The zero-order valence-electron chi connectivity index (χ0n) is 20.5. The van der Waals surface area contributed by atoms with Crippen molar-refractivity contribution < 1.29 is 22.8 Å². The molecule has 194 valence electrons. The Labute approximate surface area is 213 Å². The lowest BCUT2D eigenvalue weighted by Gasteiger charge is -2.45. The monoisotopic (exact) mass is 510 g/mol. The fraction of sp³-hybridized carbons (Fsp3) is 0.393. The van der Waals surface area contributed by atoms with Gasteiger partial charge in [-0.05, 0) is 55.2 Å². The van der Waals surface area contributed by atoms with Crippen molar-refractivity contribution in [3.05, 3.63) is 77.6 Å². The van der Waals surface area contributed by atoms with Crippen molar-refractivity contribution in [1.29, 1.82) is 0 Å². The molecule has 2 aromatic carbocycles. The summed E-state index contributed by atoms with van der Waals surface area (Å²) in [6.07, 6.45) is 4.38. The van der Waals surface area contributed by atoms with Crippen molar-refractivity contribution in [3.8, 4) is 0 Å². The Morgan fingerprint density at radius 2 is 1.95 bits per heavy atom. The van der Waals surface area contributed by atoms with Gasteiger partial charge in [-0.15, -0.1) is 0 Å². The number of anilines is 1. The Hall–Kier alpha value is -3.62. The highest BCUT2D eigenvalue weighted by Crippen LogP contribution is 2.39. The third-order valence-electron chi connectivity index (χ3n) is 7.19. The highest BCUT2D eigenvalue weighted by molar-refractivity contribution is 6.07. The number of likely N-dealkylation sites (tertiary alicyclic amines) is 1. The van der Waals surface area contributed by atoms with Crippen LogP contribution in [-0.2, 0) is 9.59 Å². The van der Waals surface area contributed by atoms with Crippen molar-refractivity contribution >= 4 is 23.3 Å². The van der Waals surface area contributed by atoms with Crippen molar-refractivity contribution in [2.75, 3.05) is 18.0 Å². The van der Waals surface area contributed by atoms with Gasteiger partial charge in [-0.1, -0.05) is 36.4 Å². The first-order chi connectivity index (χ1) is 17.7. The highest BCUT2D eigenvalue weighted by Gasteiger charge is 2.48. The standard InChI is InChI=1S/C28H29F3N4O2/c1-18-7-2-3-10-22(18)25(26(36)33-20-16-28(30,31)17-20)35(21-9-6-8-19(29)15-21)27(37)23-12-14-34(23)24-11-4-5-13-32-24/h2-4,6-11,15,20,23,25H,5,12-14,16-17H2,1H3,(H,33,36). The average Bonchev–Trinajstić information content (AvgIpc) is 2.82. The molecule has 2 amide bonds. The molecule has 0 radical (unpaired) electrons. The first-order valence-corrected chi connectivity index (χ1v) is 12.5. The molecule has 1 aliphatic carbocycles. The molecule has 2 atom stereocenters. The summed E-state index contributed by atoms with van der Waals surface area (Å²) in [6.45, 7) is 3.09. The molecule has 2 aromatic rings. The van der Waals surface area contributed by atoms with Gasteiger partial charge in [0.05, 0.1) is 0 Å². The molecule has 9 heteroatoms. The number of amidine groups is 1. The number of aliphatic imine (C=N–C) groups is 1. The molecule has 6 nitrogen and oxygen atoms in total. The summed E-state index contributed by atoms with van der Waals surface area (Å²) in [4.78, 5) is 35.7. The Bertz CT molecular complexity index is 1250. The predicted octanol–water partition coefficient (Wildman–Crippen LogP) is 4.56. The van der Waals surface area contributed by atoms with E-state index in [1.807, 2.05) is 36.1 Å². The predicted molar refractivity (Wildman–Crippen MR) is 135 cm³/mol. The van der Waals surface area contributed by atoms with E-state index in [1.165, 1.54) is 23.1 Å². The first-order valence-electron chi connectivity index (χ1n) is 12.5. The lowest BCUT2D eigenvalue weighted by Crippen LogP contribution is -2.61. The number of hydrogen-bond acceptors (Lipinski definition) is 4. The van der Waals surface area contributed by atoms with E-state index in [0.29, 0.717) is 30.9 Å². The summed E-state index contributed by atoms with van der Waals surface area (Å²) < 4.78 is 41.4. The SMILES string of the molecule is Cc1ccccc1C(C(=O)NC1CC(F)(F)C1)N(C(=O)C1CCN1C1=NCCC=C1)c1cccc(F)c1. The smallest absolute Gasteiger partial charge is 0.252 e. The topological polar surface area (TPSA) is 65.0 Å². The number of hydrogen-bond donors (Lipinski definition) is 1. The van der Waals surface area contributed by atoms with Crippen molar-refractivity contribution in [1.82, 2.24) is 10.2 Å². The lowest BCUT2D eigenvalue weighted by atomic mass is 9.87. The largest absolute Gasteiger partial charge is 0.351 e. The zero-order chi connectivity index (χ0) is 26.2. The van der Waals surface area contributed by atoms with E-state index < -0.39 is 48.6 Å². The molecule has 37 heavy (non-hydrogen) atoms. The first kappa shape index (κ1) is 25.0. The molecular weight excluding hydrogens is 481 g/mol. The second kappa shape index (κ2) is 10.0. The number of dihydropyridines is 1. The quantitative estimate of drug-likeness (QED) is 0.620. The van der Waals surface area contributed by atoms with Gasteiger partial charge in [0.2, 0.25) is 5.91 Å². The maximum atomic E-state index is 14.4. The van der Waals surface area contributed by atoms with Gasteiger partial charge in [-0.3, -0.25) is 19.5 Å². The molecule has 2 heterocycles. The van der Waals surface area contributed by atoms with Crippen LogP contribution in [0.2, 0.25) is 0 Å². The molecule has 5 rings (SSSR count). The van der Waals surface area contributed by atoms with Crippen LogP contribution in [-0.4, -0.2) is 53.6 Å².